The Morgan fingerprint density at radius 1 is 1.56 bits per heavy atom. The van der Waals surface area contributed by atoms with Gasteiger partial charge in [-0.15, -0.1) is 0 Å². The number of allylic oxidation sites excluding steroid dienone is 4. The van der Waals surface area contributed by atoms with Crippen LogP contribution in [0.1, 0.15) is 59.8 Å². The van der Waals surface area contributed by atoms with Gasteiger partial charge in [-0.2, -0.15) is 0 Å². The Balaban J connectivity index is 2.50. The normalized spacial score (nSPS) is 24.6. The van der Waals surface area contributed by atoms with Crippen LogP contribution in [0.3, 0.4) is 0 Å². The lowest BCUT2D eigenvalue weighted by Crippen LogP contribution is -2.35. The first-order valence-corrected chi connectivity index (χ1v) is 6.43. The number of rotatable bonds is 4. The van der Waals surface area contributed by atoms with Crippen LogP contribution in [0.5, 0.6) is 0 Å². The molecule has 0 amide bonds. The fourth-order valence-electron chi connectivity index (χ4n) is 2.49. The van der Waals surface area contributed by atoms with Gasteiger partial charge in [0.1, 0.15) is 0 Å². The Hall–Kier alpha value is -0.560. The van der Waals surface area contributed by atoms with E-state index < -0.39 is 5.60 Å². The van der Waals surface area contributed by atoms with E-state index in [4.69, 9.17) is 0 Å². The summed E-state index contributed by atoms with van der Waals surface area (Å²) in [7, 11) is 0. The quantitative estimate of drug-likeness (QED) is 0.706. The van der Waals surface area contributed by atoms with Crippen LogP contribution >= 0.6 is 0 Å². The summed E-state index contributed by atoms with van der Waals surface area (Å²) in [5, 5.41) is 10.5. The van der Waals surface area contributed by atoms with Crippen LogP contribution in [0, 0.1) is 5.92 Å². The van der Waals surface area contributed by atoms with E-state index in [-0.39, 0.29) is 0 Å². The molecule has 1 rings (SSSR count). The summed E-state index contributed by atoms with van der Waals surface area (Å²) >= 11 is 0. The van der Waals surface area contributed by atoms with Gasteiger partial charge in [0.2, 0.25) is 0 Å². The lowest BCUT2D eigenvalue weighted by molar-refractivity contribution is -0.0129. The highest BCUT2D eigenvalue weighted by molar-refractivity contribution is 5.06. The van der Waals surface area contributed by atoms with Crippen molar-refractivity contribution in [2.45, 2.75) is 65.4 Å². The predicted molar refractivity (Wildman–Crippen MR) is 70.4 cm³/mol. The van der Waals surface area contributed by atoms with E-state index in [1.807, 2.05) is 6.92 Å². The summed E-state index contributed by atoms with van der Waals surface area (Å²) < 4.78 is 0. The molecule has 0 aromatic carbocycles. The molecule has 2 unspecified atom stereocenters. The van der Waals surface area contributed by atoms with E-state index in [1.54, 1.807) is 0 Å². The highest BCUT2D eigenvalue weighted by atomic mass is 16.3. The van der Waals surface area contributed by atoms with E-state index >= 15 is 0 Å². The molecule has 0 fully saturated rings. The first kappa shape index (κ1) is 13.5. The standard InChI is InChI=1S/C15H26O/c1-12(2)7-6-10-15(4,16)14-9-5-8-13(3)11-14/h7-8,14,16H,5-6,9-11H2,1-4H3. The largest absolute Gasteiger partial charge is 0.390 e. The first-order valence-electron chi connectivity index (χ1n) is 6.43. The van der Waals surface area contributed by atoms with Crippen LogP contribution in [0.4, 0.5) is 0 Å². The minimum atomic E-state index is -0.499. The fourth-order valence-corrected chi connectivity index (χ4v) is 2.49. The molecule has 0 bridgehead atoms. The van der Waals surface area contributed by atoms with E-state index in [9.17, 15) is 5.11 Å². The molecule has 0 saturated carbocycles. The van der Waals surface area contributed by atoms with Crippen LogP contribution in [0.25, 0.3) is 0 Å². The predicted octanol–water partition coefficient (Wildman–Crippen LogP) is 4.23. The summed E-state index contributed by atoms with van der Waals surface area (Å²) in [5.41, 5.74) is 2.29. The molecule has 0 aromatic heterocycles. The molecule has 2 atom stereocenters. The van der Waals surface area contributed by atoms with Gasteiger partial charge in [0, 0.05) is 0 Å². The Morgan fingerprint density at radius 2 is 2.25 bits per heavy atom. The lowest BCUT2D eigenvalue weighted by atomic mass is 9.76. The van der Waals surface area contributed by atoms with E-state index in [0.717, 1.165) is 32.1 Å². The molecule has 0 heterocycles. The minimum absolute atomic E-state index is 0.447. The number of hydrogen-bond donors (Lipinski definition) is 1. The van der Waals surface area contributed by atoms with Gasteiger partial charge in [0.15, 0.2) is 0 Å². The molecule has 92 valence electrons. The molecular formula is C15H26O. The van der Waals surface area contributed by atoms with Crippen molar-refractivity contribution in [3.05, 3.63) is 23.3 Å². The Kier molecular flexibility index (Phi) is 4.79. The van der Waals surface area contributed by atoms with Crippen LogP contribution in [0.15, 0.2) is 23.3 Å². The second-order valence-corrected chi connectivity index (χ2v) is 5.71. The summed E-state index contributed by atoms with van der Waals surface area (Å²) in [5.74, 6) is 0.447. The van der Waals surface area contributed by atoms with Crippen molar-refractivity contribution in [1.29, 1.82) is 0 Å². The van der Waals surface area contributed by atoms with Crippen molar-refractivity contribution in [1.82, 2.24) is 0 Å². The van der Waals surface area contributed by atoms with Gasteiger partial charge in [0.25, 0.3) is 0 Å². The highest BCUT2D eigenvalue weighted by Gasteiger charge is 2.31. The topological polar surface area (TPSA) is 20.2 Å². The average Bonchev–Trinajstić information content (AvgIpc) is 2.16. The van der Waals surface area contributed by atoms with Crippen molar-refractivity contribution < 1.29 is 5.11 Å². The molecule has 0 saturated heterocycles. The zero-order valence-corrected chi connectivity index (χ0v) is 11.2. The molecule has 0 aromatic rings. The Morgan fingerprint density at radius 3 is 2.81 bits per heavy atom. The zero-order chi connectivity index (χ0) is 12.2. The second kappa shape index (κ2) is 5.67. The maximum absolute atomic E-state index is 10.5. The van der Waals surface area contributed by atoms with Crippen LogP contribution < -0.4 is 0 Å². The molecule has 0 spiro atoms. The number of hydrogen-bond acceptors (Lipinski definition) is 1. The molecule has 1 aliphatic rings. The lowest BCUT2D eigenvalue weighted by Gasteiger charge is -2.35. The maximum atomic E-state index is 10.5. The van der Waals surface area contributed by atoms with Gasteiger partial charge < -0.3 is 5.11 Å². The third-order valence-electron chi connectivity index (χ3n) is 3.66. The van der Waals surface area contributed by atoms with Gasteiger partial charge in [0.05, 0.1) is 5.60 Å². The number of aliphatic hydroxyl groups is 1. The molecule has 1 aliphatic carbocycles. The molecule has 1 nitrogen and oxygen atoms in total. The average molecular weight is 222 g/mol. The minimum Gasteiger partial charge on any atom is -0.390 e. The summed E-state index contributed by atoms with van der Waals surface area (Å²) in [6.07, 6.45) is 9.75. The smallest absolute Gasteiger partial charge is 0.0653 e. The van der Waals surface area contributed by atoms with Crippen LogP contribution in [-0.4, -0.2) is 10.7 Å². The van der Waals surface area contributed by atoms with Gasteiger partial charge >= 0.3 is 0 Å². The molecule has 1 N–H and O–H groups in total. The van der Waals surface area contributed by atoms with Gasteiger partial charge in [-0.05, 0) is 65.7 Å². The molecule has 16 heavy (non-hydrogen) atoms. The van der Waals surface area contributed by atoms with E-state index in [0.29, 0.717) is 5.92 Å². The Labute approximate surface area is 100 Å². The van der Waals surface area contributed by atoms with Crippen molar-refractivity contribution >= 4 is 0 Å². The second-order valence-electron chi connectivity index (χ2n) is 5.71. The van der Waals surface area contributed by atoms with Crippen LogP contribution in [-0.2, 0) is 0 Å². The van der Waals surface area contributed by atoms with Crippen LogP contribution in [0.2, 0.25) is 0 Å². The molecule has 0 radical (unpaired) electrons. The highest BCUT2D eigenvalue weighted by Crippen LogP contribution is 2.35. The van der Waals surface area contributed by atoms with E-state index in [2.05, 4.69) is 32.9 Å². The molecular weight excluding hydrogens is 196 g/mol. The Bertz CT molecular complexity index is 280. The van der Waals surface area contributed by atoms with Gasteiger partial charge in [-0.3, -0.25) is 0 Å². The van der Waals surface area contributed by atoms with Crippen molar-refractivity contribution in [2.75, 3.05) is 0 Å². The molecule has 0 aliphatic heterocycles. The van der Waals surface area contributed by atoms with E-state index in [1.165, 1.54) is 11.1 Å². The maximum Gasteiger partial charge on any atom is 0.0653 e. The molecule has 1 heteroatoms. The first-order chi connectivity index (χ1) is 7.42. The summed E-state index contributed by atoms with van der Waals surface area (Å²) in [4.78, 5) is 0. The van der Waals surface area contributed by atoms with Crippen molar-refractivity contribution in [2.24, 2.45) is 5.92 Å². The SMILES string of the molecule is CC(C)=CCCC(C)(O)C1CCC=C(C)C1. The summed E-state index contributed by atoms with van der Waals surface area (Å²) in [6.45, 7) is 8.41. The summed E-state index contributed by atoms with van der Waals surface area (Å²) in [6, 6.07) is 0. The van der Waals surface area contributed by atoms with Crippen molar-refractivity contribution in [3.63, 3.8) is 0 Å². The van der Waals surface area contributed by atoms with Gasteiger partial charge in [-0.1, -0.05) is 23.3 Å². The third-order valence-corrected chi connectivity index (χ3v) is 3.66. The van der Waals surface area contributed by atoms with Gasteiger partial charge in [-0.25, -0.2) is 0 Å². The third kappa shape index (κ3) is 4.13. The monoisotopic (exact) mass is 222 g/mol. The fraction of sp³-hybridized carbons (Fsp3) is 0.733. The zero-order valence-electron chi connectivity index (χ0n) is 11.2. The van der Waals surface area contributed by atoms with Crippen molar-refractivity contribution in [3.8, 4) is 0 Å².